The fourth-order valence-corrected chi connectivity index (χ4v) is 6.47. The molecule has 37 heavy (non-hydrogen) atoms. The van der Waals surface area contributed by atoms with Crippen LogP contribution < -0.4 is 10.6 Å². The van der Waals surface area contributed by atoms with Crippen LogP contribution in [0.4, 0.5) is 10.1 Å². The summed E-state index contributed by atoms with van der Waals surface area (Å²) in [6.07, 6.45) is 11.2. The molecule has 1 aromatic carbocycles. The Morgan fingerprint density at radius 1 is 1.22 bits per heavy atom. The lowest BCUT2D eigenvalue weighted by Gasteiger charge is -2.32. The highest BCUT2D eigenvalue weighted by molar-refractivity contribution is 6.08. The highest BCUT2D eigenvalue weighted by atomic mass is 19.1. The van der Waals surface area contributed by atoms with E-state index in [1.807, 2.05) is 18.0 Å². The molecule has 0 amide bonds. The van der Waals surface area contributed by atoms with Crippen LogP contribution in [0.2, 0.25) is 0 Å². The largest absolute Gasteiger partial charge is 0.363 e. The van der Waals surface area contributed by atoms with Crippen molar-refractivity contribution in [3.05, 3.63) is 76.8 Å². The normalized spacial score (nSPS) is 25.6. The van der Waals surface area contributed by atoms with E-state index in [1.54, 1.807) is 24.7 Å². The highest BCUT2D eigenvalue weighted by Crippen LogP contribution is 2.37. The van der Waals surface area contributed by atoms with Gasteiger partial charge >= 0.3 is 0 Å². The van der Waals surface area contributed by atoms with Gasteiger partial charge < -0.3 is 15.5 Å². The molecule has 0 radical (unpaired) electrons. The smallest absolute Gasteiger partial charge is 0.243 e. The van der Waals surface area contributed by atoms with Gasteiger partial charge in [-0.3, -0.25) is 14.8 Å². The molecule has 2 unspecified atom stereocenters. The van der Waals surface area contributed by atoms with Gasteiger partial charge in [-0.15, -0.1) is 0 Å². The van der Waals surface area contributed by atoms with Crippen molar-refractivity contribution < 1.29 is 9.18 Å². The van der Waals surface area contributed by atoms with Crippen LogP contribution in [0.25, 0.3) is 15.7 Å². The molecule has 0 spiro atoms. The molecule has 2 aliphatic carbocycles. The molecule has 5 atom stereocenters. The fraction of sp³-hybridized carbons (Fsp3) is 0.467. The average molecular weight is 500 g/mol. The van der Waals surface area contributed by atoms with Gasteiger partial charge in [-0.05, 0) is 79.3 Å². The minimum Gasteiger partial charge on any atom is -0.363 e. The molecule has 3 aromatic rings. The second-order valence-electron chi connectivity index (χ2n) is 10.9. The lowest BCUT2D eigenvalue weighted by atomic mass is 9.75. The third-order valence-corrected chi connectivity index (χ3v) is 8.31. The number of hydrogen-bond acceptors (Lipinski definition) is 5. The van der Waals surface area contributed by atoms with E-state index in [0.29, 0.717) is 28.3 Å². The van der Waals surface area contributed by atoms with E-state index in [-0.39, 0.29) is 30.3 Å². The zero-order chi connectivity index (χ0) is 26.1. The molecule has 5 rings (SSSR count). The van der Waals surface area contributed by atoms with Gasteiger partial charge in [0.15, 0.2) is 5.78 Å². The molecule has 2 N–H and O–H groups in total. The number of benzene rings is 1. The molecule has 0 aliphatic heterocycles. The number of pyridine rings is 2. The number of aromatic nitrogens is 2. The maximum atomic E-state index is 15.0. The number of nitrogens with two attached hydrogens (primary N) is 1. The summed E-state index contributed by atoms with van der Waals surface area (Å²) in [5.74, 6) is 0.331. The van der Waals surface area contributed by atoms with E-state index >= 15 is 0 Å². The van der Waals surface area contributed by atoms with E-state index in [1.165, 1.54) is 12.1 Å². The Kier molecular flexibility index (Phi) is 7.21. The molecule has 2 heterocycles. The van der Waals surface area contributed by atoms with Crippen molar-refractivity contribution in [2.75, 3.05) is 11.9 Å². The van der Waals surface area contributed by atoms with Crippen LogP contribution in [0.3, 0.4) is 0 Å². The number of nitrogens with zero attached hydrogens (tertiary/aromatic N) is 4. The summed E-state index contributed by atoms with van der Waals surface area (Å²) in [6, 6.07) is 6.85. The molecular weight excluding hydrogens is 465 g/mol. The summed E-state index contributed by atoms with van der Waals surface area (Å²) in [5, 5.41) is 0.325. The van der Waals surface area contributed by atoms with Gasteiger partial charge in [-0.25, -0.2) is 11.0 Å². The number of fused-ring (bicyclic) bond motifs is 1. The number of halogens is 1. The van der Waals surface area contributed by atoms with Crippen LogP contribution >= 0.6 is 0 Å². The second-order valence-corrected chi connectivity index (χ2v) is 10.9. The lowest BCUT2D eigenvalue weighted by molar-refractivity contribution is 0.0994. The van der Waals surface area contributed by atoms with Gasteiger partial charge in [0, 0.05) is 49.3 Å². The summed E-state index contributed by atoms with van der Waals surface area (Å²) >= 11 is 0. The van der Waals surface area contributed by atoms with Crippen molar-refractivity contribution >= 4 is 22.4 Å². The van der Waals surface area contributed by atoms with E-state index in [2.05, 4.69) is 21.7 Å². The maximum Gasteiger partial charge on any atom is 0.243 e. The topological polar surface area (TPSA) is 76.5 Å². The standard InChI is InChI=1S/C30H34FN5O/c1-18-11-19(13-21(32)12-18)23-9-10-34-16-20(23)14-29(37)24-7-8-26(31)25-15-22(17-35-30(24)25)36(3)28-6-4-5-27(28)33-2/h7-10,15-19,21,27-28H,4-6,11-14,32H2,1,3H3/t18-,19+,21-,27?,28?/m0/s1. The van der Waals surface area contributed by atoms with Crippen LogP contribution in [0.1, 0.15) is 72.9 Å². The van der Waals surface area contributed by atoms with Crippen molar-refractivity contribution in [2.45, 2.75) is 75.9 Å². The Labute approximate surface area is 217 Å². The number of Topliss-reactive ketones (excluding diaryl/α,β-unsaturated/α-hetero) is 1. The maximum absolute atomic E-state index is 15.0. The Morgan fingerprint density at radius 2 is 2.05 bits per heavy atom. The summed E-state index contributed by atoms with van der Waals surface area (Å²) in [6.45, 7) is 9.72. The van der Waals surface area contributed by atoms with Crippen molar-refractivity contribution in [2.24, 2.45) is 11.7 Å². The number of likely N-dealkylation sites (N-methyl/N-ethyl adjacent to an activating group) is 1. The number of carbonyl (C=O) groups is 1. The Hall–Kier alpha value is -3.37. The first kappa shape index (κ1) is 25.3. The number of rotatable bonds is 6. The zero-order valence-corrected chi connectivity index (χ0v) is 21.5. The molecular formula is C30H34FN5O. The minimum absolute atomic E-state index is 0.0613. The quantitative estimate of drug-likeness (QED) is 0.348. The zero-order valence-electron chi connectivity index (χ0n) is 21.5. The van der Waals surface area contributed by atoms with Crippen LogP contribution in [0.5, 0.6) is 0 Å². The van der Waals surface area contributed by atoms with Gasteiger partial charge in [0.1, 0.15) is 11.9 Å². The Bertz CT molecular complexity index is 1340. The summed E-state index contributed by atoms with van der Waals surface area (Å²) in [4.78, 5) is 28.2. The third-order valence-electron chi connectivity index (χ3n) is 8.31. The van der Waals surface area contributed by atoms with Crippen molar-refractivity contribution in [1.29, 1.82) is 0 Å². The molecule has 6 nitrogen and oxygen atoms in total. The monoisotopic (exact) mass is 499 g/mol. The van der Waals surface area contributed by atoms with Crippen LogP contribution in [-0.4, -0.2) is 40.9 Å². The molecule has 192 valence electrons. The minimum atomic E-state index is -0.408. The van der Waals surface area contributed by atoms with Gasteiger partial charge in [-0.2, -0.15) is 0 Å². The van der Waals surface area contributed by atoms with E-state index < -0.39 is 5.82 Å². The Morgan fingerprint density at radius 3 is 2.84 bits per heavy atom. The molecule has 2 aliphatic rings. The Balaban J connectivity index is 1.43. The summed E-state index contributed by atoms with van der Waals surface area (Å²) in [7, 11) is 1.94. The summed E-state index contributed by atoms with van der Waals surface area (Å²) in [5.41, 5.74) is 9.90. The fourth-order valence-electron chi connectivity index (χ4n) is 6.47. The number of anilines is 1. The molecule has 0 bridgehead atoms. The van der Waals surface area contributed by atoms with E-state index in [9.17, 15) is 9.18 Å². The van der Waals surface area contributed by atoms with Crippen LogP contribution in [0, 0.1) is 18.3 Å². The van der Waals surface area contributed by atoms with Crippen molar-refractivity contribution in [1.82, 2.24) is 9.97 Å². The van der Waals surface area contributed by atoms with Crippen molar-refractivity contribution in [3.8, 4) is 0 Å². The first-order valence-corrected chi connectivity index (χ1v) is 13.2. The number of ketones is 1. The average Bonchev–Trinajstić information content (AvgIpc) is 3.37. The highest BCUT2D eigenvalue weighted by Gasteiger charge is 2.35. The van der Waals surface area contributed by atoms with Gasteiger partial charge in [0.25, 0.3) is 0 Å². The van der Waals surface area contributed by atoms with Crippen molar-refractivity contribution in [3.63, 3.8) is 0 Å². The molecule has 2 saturated carbocycles. The predicted octanol–water partition coefficient (Wildman–Crippen LogP) is 5.70. The predicted molar refractivity (Wildman–Crippen MR) is 144 cm³/mol. The first-order chi connectivity index (χ1) is 17.9. The lowest BCUT2D eigenvalue weighted by Crippen LogP contribution is -2.36. The van der Waals surface area contributed by atoms with E-state index in [4.69, 9.17) is 12.3 Å². The second kappa shape index (κ2) is 10.5. The SMILES string of the molecule is [C-]#[N+]C1CCCC1N(C)c1cnc2c(C(=O)Cc3cnccc3[C@@H]3C[C@H](C)C[C@H](N)C3)ccc(F)c2c1. The molecule has 0 saturated heterocycles. The molecule has 7 heteroatoms. The molecule has 2 aromatic heterocycles. The van der Waals surface area contributed by atoms with Gasteiger partial charge in [0.05, 0.1) is 17.4 Å². The van der Waals surface area contributed by atoms with Gasteiger partial charge in [0.2, 0.25) is 6.04 Å². The van der Waals surface area contributed by atoms with Gasteiger partial charge in [-0.1, -0.05) is 6.92 Å². The van der Waals surface area contributed by atoms with E-state index in [0.717, 1.165) is 55.3 Å². The number of hydrogen-bond donors (Lipinski definition) is 1. The van der Waals surface area contributed by atoms with Crippen LogP contribution in [0.15, 0.2) is 42.9 Å². The first-order valence-electron chi connectivity index (χ1n) is 13.2. The summed E-state index contributed by atoms with van der Waals surface area (Å²) < 4.78 is 15.0. The molecule has 2 fully saturated rings. The number of carbonyl (C=O) groups excluding carboxylic acids is 1. The van der Waals surface area contributed by atoms with Crippen LogP contribution in [-0.2, 0) is 6.42 Å². The third kappa shape index (κ3) is 5.08.